The molecule has 4 nitrogen and oxygen atoms in total. The fraction of sp³-hybridized carbons (Fsp3) is 0.533. The Hall–Kier alpha value is -1.62. The molecule has 1 aliphatic rings. The first-order chi connectivity index (χ1) is 9.61. The van der Waals surface area contributed by atoms with Crippen LogP contribution in [0.4, 0.5) is 4.39 Å². The summed E-state index contributed by atoms with van der Waals surface area (Å²) < 4.78 is 18.8. The van der Waals surface area contributed by atoms with Crippen LogP contribution in [0, 0.1) is 5.82 Å². The van der Waals surface area contributed by atoms with Gasteiger partial charge in [-0.25, -0.2) is 4.39 Å². The molecule has 2 unspecified atom stereocenters. The summed E-state index contributed by atoms with van der Waals surface area (Å²) in [5, 5.41) is 2.95. The smallest absolute Gasteiger partial charge is 0.237 e. The average molecular weight is 280 g/mol. The van der Waals surface area contributed by atoms with E-state index >= 15 is 0 Å². The van der Waals surface area contributed by atoms with Gasteiger partial charge in [0.2, 0.25) is 5.91 Å². The summed E-state index contributed by atoms with van der Waals surface area (Å²) in [6.45, 7) is 2.52. The lowest BCUT2D eigenvalue weighted by Gasteiger charge is -2.20. The number of amides is 1. The van der Waals surface area contributed by atoms with Gasteiger partial charge >= 0.3 is 0 Å². The van der Waals surface area contributed by atoms with Gasteiger partial charge in [0, 0.05) is 11.6 Å². The number of ether oxygens (including phenoxy) is 1. The molecule has 0 bridgehead atoms. The number of benzene rings is 1. The van der Waals surface area contributed by atoms with Crippen molar-refractivity contribution in [3.63, 3.8) is 0 Å². The second-order valence-electron chi connectivity index (χ2n) is 5.13. The summed E-state index contributed by atoms with van der Waals surface area (Å²) in [6, 6.07) is 3.77. The van der Waals surface area contributed by atoms with Crippen molar-refractivity contribution >= 4 is 5.91 Å². The van der Waals surface area contributed by atoms with E-state index in [-0.39, 0.29) is 17.8 Å². The number of nitrogens with two attached hydrogens (primary N) is 1. The van der Waals surface area contributed by atoms with Gasteiger partial charge in [0.15, 0.2) is 0 Å². The second-order valence-corrected chi connectivity index (χ2v) is 5.13. The van der Waals surface area contributed by atoms with E-state index in [1.807, 2.05) is 6.92 Å². The van der Waals surface area contributed by atoms with Crippen molar-refractivity contribution < 1.29 is 13.9 Å². The molecule has 110 valence electrons. The SMILES string of the molecule is CCCC(N)C(=O)NC1CCCOc2cc(F)ccc21. The van der Waals surface area contributed by atoms with E-state index in [1.165, 1.54) is 12.1 Å². The minimum absolute atomic E-state index is 0.158. The average Bonchev–Trinajstić information content (AvgIpc) is 2.61. The Labute approximate surface area is 118 Å². The minimum atomic E-state index is -0.493. The fourth-order valence-electron chi connectivity index (χ4n) is 2.42. The number of rotatable bonds is 4. The van der Waals surface area contributed by atoms with Crippen molar-refractivity contribution in [1.82, 2.24) is 5.32 Å². The first-order valence-electron chi connectivity index (χ1n) is 7.10. The molecule has 1 aromatic rings. The fourth-order valence-corrected chi connectivity index (χ4v) is 2.42. The Morgan fingerprint density at radius 3 is 3.15 bits per heavy atom. The predicted molar refractivity (Wildman–Crippen MR) is 74.9 cm³/mol. The van der Waals surface area contributed by atoms with E-state index in [0.29, 0.717) is 18.8 Å². The van der Waals surface area contributed by atoms with E-state index in [0.717, 1.165) is 24.8 Å². The zero-order chi connectivity index (χ0) is 14.5. The third-order valence-electron chi connectivity index (χ3n) is 3.50. The molecule has 0 fully saturated rings. The molecule has 0 saturated carbocycles. The summed E-state index contributed by atoms with van der Waals surface area (Å²) in [7, 11) is 0. The maximum atomic E-state index is 13.3. The number of halogens is 1. The molecule has 5 heteroatoms. The monoisotopic (exact) mass is 280 g/mol. The van der Waals surface area contributed by atoms with Crippen molar-refractivity contribution in [3.8, 4) is 5.75 Å². The van der Waals surface area contributed by atoms with Gasteiger partial charge in [-0.3, -0.25) is 4.79 Å². The van der Waals surface area contributed by atoms with Gasteiger partial charge in [-0.15, -0.1) is 0 Å². The minimum Gasteiger partial charge on any atom is -0.493 e. The highest BCUT2D eigenvalue weighted by molar-refractivity contribution is 5.82. The van der Waals surface area contributed by atoms with Crippen molar-refractivity contribution in [2.24, 2.45) is 5.73 Å². The highest BCUT2D eigenvalue weighted by Gasteiger charge is 2.23. The number of carbonyl (C=O) groups excluding carboxylic acids is 1. The molecular weight excluding hydrogens is 259 g/mol. The highest BCUT2D eigenvalue weighted by Crippen LogP contribution is 2.32. The summed E-state index contributed by atoms with van der Waals surface area (Å²) in [5.41, 5.74) is 6.65. The van der Waals surface area contributed by atoms with Crippen LogP contribution in [0.1, 0.15) is 44.2 Å². The summed E-state index contributed by atoms with van der Waals surface area (Å²) in [4.78, 5) is 12.0. The maximum absolute atomic E-state index is 13.3. The summed E-state index contributed by atoms with van der Waals surface area (Å²) >= 11 is 0. The lowest BCUT2D eigenvalue weighted by molar-refractivity contribution is -0.123. The van der Waals surface area contributed by atoms with Crippen LogP contribution < -0.4 is 15.8 Å². The molecule has 20 heavy (non-hydrogen) atoms. The van der Waals surface area contributed by atoms with Crippen LogP contribution in [0.25, 0.3) is 0 Å². The van der Waals surface area contributed by atoms with Crippen molar-refractivity contribution in [3.05, 3.63) is 29.6 Å². The first-order valence-corrected chi connectivity index (χ1v) is 7.10. The summed E-state index contributed by atoms with van der Waals surface area (Å²) in [5.74, 6) is 0.0179. The number of nitrogens with one attached hydrogen (secondary N) is 1. The van der Waals surface area contributed by atoms with Crippen LogP contribution in [0.5, 0.6) is 5.75 Å². The van der Waals surface area contributed by atoms with Crippen LogP contribution in [-0.4, -0.2) is 18.6 Å². The van der Waals surface area contributed by atoms with E-state index in [9.17, 15) is 9.18 Å². The Bertz CT molecular complexity index is 479. The third-order valence-corrected chi connectivity index (χ3v) is 3.50. The van der Waals surface area contributed by atoms with E-state index in [4.69, 9.17) is 10.5 Å². The molecule has 1 amide bonds. The Morgan fingerprint density at radius 2 is 2.40 bits per heavy atom. The van der Waals surface area contributed by atoms with Gasteiger partial charge < -0.3 is 15.8 Å². The molecule has 3 N–H and O–H groups in total. The first kappa shape index (κ1) is 14.8. The van der Waals surface area contributed by atoms with Gasteiger partial charge in [0.05, 0.1) is 18.7 Å². The Morgan fingerprint density at radius 1 is 1.60 bits per heavy atom. The second kappa shape index (κ2) is 6.70. The zero-order valence-corrected chi connectivity index (χ0v) is 11.7. The predicted octanol–water partition coefficient (Wildman–Crippen LogP) is 2.28. The molecule has 2 atom stereocenters. The van der Waals surface area contributed by atoms with Gasteiger partial charge in [0.1, 0.15) is 11.6 Å². The van der Waals surface area contributed by atoms with Crippen LogP contribution in [0.15, 0.2) is 18.2 Å². The van der Waals surface area contributed by atoms with Crippen LogP contribution in [0.2, 0.25) is 0 Å². The number of carbonyl (C=O) groups is 1. The molecule has 1 aliphatic heterocycles. The van der Waals surface area contributed by atoms with Crippen LogP contribution >= 0.6 is 0 Å². The zero-order valence-electron chi connectivity index (χ0n) is 11.7. The molecule has 0 aliphatic carbocycles. The van der Waals surface area contributed by atoms with E-state index in [1.54, 1.807) is 6.07 Å². The molecule has 0 radical (unpaired) electrons. The third kappa shape index (κ3) is 3.48. The van der Waals surface area contributed by atoms with E-state index in [2.05, 4.69) is 5.32 Å². The van der Waals surface area contributed by atoms with Gasteiger partial charge in [-0.05, 0) is 25.3 Å². The van der Waals surface area contributed by atoms with Crippen molar-refractivity contribution in [1.29, 1.82) is 0 Å². The molecule has 0 spiro atoms. The van der Waals surface area contributed by atoms with Crippen molar-refractivity contribution in [2.45, 2.75) is 44.7 Å². The number of hydrogen-bond donors (Lipinski definition) is 2. The molecule has 0 aromatic heterocycles. The van der Waals surface area contributed by atoms with Gasteiger partial charge in [0.25, 0.3) is 0 Å². The van der Waals surface area contributed by atoms with Crippen molar-refractivity contribution in [2.75, 3.05) is 6.61 Å². The molecule has 0 saturated heterocycles. The molecule has 1 aromatic carbocycles. The molecule has 1 heterocycles. The van der Waals surface area contributed by atoms with Crippen LogP contribution in [-0.2, 0) is 4.79 Å². The lowest BCUT2D eigenvalue weighted by atomic mass is 10.0. The molecule has 2 rings (SSSR count). The lowest BCUT2D eigenvalue weighted by Crippen LogP contribution is -2.42. The highest BCUT2D eigenvalue weighted by atomic mass is 19.1. The molecular formula is C15H21FN2O2. The Balaban J connectivity index is 2.14. The normalized spacial score (nSPS) is 19.4. The number of hydrogen-bond acceptors (Lipinski definition) is 3. The largest absolute Gasteiger partial charge is 0.493 e. The van der Waals surface area contributed by atoms with Gasteiger partial charge in [-0.1, -0.05) is 19.4 Å². The Kier molecular flexibility index (Phi) is 4.95. The van der Waals surface area contributed by atoms with E-state index < -0.39 is 6.04 Å². The number of fused-ring (bicyclic) bond motifs is 1. The summed E-state index contributed by atoms with van der Waals surface area (Å²) in [6.07, 6.45) is 3.10. The maximum Gasteiger partial charge on any atom is 0.237 e. The quantitative estimate of drug-likeness (QED) is 0.889. The topological polar surface area (TPSA) is 64.4 Å². The van der Waals surface area contributed by atoms with Crippen LogP contribution in [0.3, 0.4) is 0 Å². The van der Waals surface area contributed by atoms with Gasteiger partial charge in [-0.2, -0.15) is 0 Å². The standard InChI is InChI=1S/C15H21FN2O2/c1-2-4-12(17)15(19)18-13-5-3-8-20-14-9-10(16)6-7-11(13)14/h6-7,9,12-13H,2-5,8,17H2,1H3,(H,18,19).